The molecule has 4 aromatic carbocycles. The number of benzene rings is 4. The average Bonchev–Trinajstić information content (AvgIpc) is 3.10. The van der Waals surface area contributed by atoms with Crippen LogP contribution in [-0.2, 0) is 17.8 Å². The van der Waals surface area contributed by atoms with E-state index in [1.807, 2.05) is 105 Å². The van der Waals surface area contributed by atoms with E-state index in [1.165, 1.54) is 0 Å². The van der Waals surface area contributed by atoms with Crippen molar-refractivity contribution in [1.29, 1.82) is 0 Å². The molecule has 0 aliphatic carbocycles. The maximum absolute atomic E-state index is 13.9. The smallest absolute Gasteiger partial charge is 0.251 e. The highest BCUT2D eigenvalue weighted by atomic mass is 16.3. The Bertz CT molecular complexity index is 1650. The van der Waals surface area contributed by atoms with E-state index in [4.69, 9.17) is 0 Å². The number of amides is 3. The lowest BCUT2D eigenvalue weighted by molar-refractivity contribution is -0.143. The molecule has 9 heteroatoms. The Morgan fingerprint density at radius 3 is 2.00 bits per heavy atom. The fourth-order valence-electron chi connectivity index (χ4n) is 5.92. The van der Waals surface area contributed by atoms with Gasteiger partial charge in [-0.2, -0.15) is 0 Å². The van der Waals surface area contributed by atoms with Crippen LogP contribution < -0.4 is 21.3 Å². The first-order valence-electron chi connectivity index (χ1n) is 16.0. The molecule has 1 aliphatic rings. The first-order chi connectivity index (χ1) is 22.7. The van der Waals surface area contributed by atoms with Gasteiger partial charge in [0.1, 0.15) is 6.04 Å². The molecular weight excluding hydrogens is 590 g/mol. The summed E-state index contributed by atoms with van der Waals surface area (Å²) < 4.78 is 0. The number of nitrogens with one attached hydrogen (secondary N) is 4. The number of aliphatic hydroxyl groups is 1. The molecule has 1 aliphatic heterocycles. The Kier molecular flexibility index (Phi) is 11.0. The van der Waals surface area contributed by atoms with Gasteiger partial charge in [0.2, 0.25) is 5.91 Å². The van der Waals surface area contributed by atoms with Crippen LogP contribution >= 0.6 is 0 Å². The van der Waals surface area contributed by atoms with Crippen molar-refractivity contribution in [3.05, 3.63) is 137 Å². The Hall–Kier alpha value is -4.99. The maximum Gasteiger partial charge on any atom is 0.251 e. The first kappa shape index (κ1) is 33.4. The summed E-state index contributed by atoms with van der Waals surface area (Å²) in [5.74, 6) is -1.01. The van der Waals surface area contributed by atoms with Crippen LogP contribution in [0.3, 0.4) is 0 Å². The lowest BCUT2D eigenvalue weighted by Gasteiger charge is -2.41. The van der Waals surface area contributed by atoms with Crippen LogP contribution in [0.25, 0.3) is 0 Å². The van der Waals surface area contributed by atoms with Gasteiger partial charge in [0.25, 0.3) is 11.8 Å². The van der Waals surface area contributed by atoms with Gasteiger partial charge in [-0.3, -0.25) is 14.4 Å². The minimum absolute atomic E-state index is 0.0771. The molecule has 3 amide bonds. The summed E-state index contributed by atoms with van der Waals surface area (Å²) in [7, 11) is 1.72. The SMILES string of the molecule is CNc1cc(C(=O)N[C@@H](Cc2ccccc2)[C@H](O)[C@@H]2NCC(C)N(Cc3ccccc3)C2=O)cc(C(=O)N[C@H](C)c2ccccc2)c1. The van der Waals surface area contributed by atoms with Gasteiger partial charge in [-0.1, -0.05) is 91.0 Å². The second-order valence-electron chi connectivity index (χ2n) is 12.1. The lowest BCUT2D eigenvalue weighted by atomic mass is 9.93. The molecule has 0 aromatic heterocycles. The topological polar surface area (TPSA) is 123 Å². The van der Waals surface area contributed by atoms with E-state index in [0.717, 1.165) is 16.7 Å². The number of hydrogen-bond donors (Lipinski definition) is 5. The van der Waals surface area contributed by atoms with Crippen LogP contribution in [0.1, 0.15) is 57.3 Å². The van der Waals surface area contributed by atoms with E-state index in [0.29, 0.717) is 30.8 Å². The molecule has 1 saturated heterocycles. The van der Waals surface area contributed by atoms with Gasteiger partial charge in [-0.25, -0.2) is 0 Å². The number of rotatable bonds is 12. The minimum atomic E-state index is -1.24. The Labute approximate surface area is 276 Å². The molecule has 0 spiro atoms. The maximum atomic E-state index is 13.9. The van der Waals surface area contributed by atoms with E-state index in [2.05, 4.69) is 21.3 Å². The number of hydrogen-bond acceptors (Lipinski definition) is 6. The minimum Gasteiger partial charge on any atom is -0.389 e. The summed E-state index contributed by atoms with van der Waals surface area (Å²) in [6, 6.07) is 31.8. The predicted octanol–water partition coefficient (Wildman–Crippen LogP) is 4.31. The average molecular weight is 634 g/mol. The van der Waals surface area contributed by atoms with Crippen molar-refractivity contribution < 1.29 is 19.5 Å². The van der Waals surface area contributed by atoms with Crippen molar-refractivity contribution in [2.45, 2.75) is 57.1 Å². The third-order valence-electron chi connectivity index (χ3n) is 8.67. The summed E-state index contributed by atoms with van der Waals surface area (Å²) >= 11 is 0. The lowest BCUT2D eigenvalue weighted by Crippen LogP contribution is -2.66. The molecule has 0 saturated carbocycles. The monoisotopic (exact) mass is 633 g/mol. The highest BCUT2D eigenvalue weighted by molar-refractivity contribution is 6.01. The van der Waals surface area contributed by atoms with Crippen molar-refractivity contribution in [3.63, 3.8) is 0 Å². The third-order valence-corrected chi connectivity index (χ3v) is 8.67. The van der Waals surface area contributed by atoms with Crippen molar-refractivity contribution in [3.8, 4) is 0 Å². The summed E-state index contributed by atoms with van der Waals surface area (Å²) in [5, 5.41) is 24.1. The molecule has 0 radical (unpaired) electrons. The molecule has 1 unspecified atom stereocenters. The Morgan fingerprint density at radius 2 is 1.40 bits per heavy atom. The van der Waals surface area contributed by atoms with E-state index in [9.17, 15) is 19.5 Å². The summed E-state index contributed by atoms with van der Waals surface area (Å²) in [6.07, 6.45) is -0.944. The molecule has 5 rings (SSSR count). The van der Waals surface area contributed by atoms with Crippen molar-refractivity contribution in [2.75, 3.05) is 18.9 Å². The molecular formula is C38H43N5O4. The van der Waals surface area contributed by atoms with Gasteiger partial charge >= 0.3 is 0 Å². The van der Waals surface area contributed by atoms with Crippen LogP contribution in [0.4, 0.5) is 5.69 Å². The molecule has 5 atom stereocenters. The number of carbonyl (C=O) groups excluding carboxylic acids is 3. The molecule has 0 bridgehead atoms. The van der Waals surface area contributed by atoms with Gasteiger partial charge in [-0.05, 0) is 55.2 Å². The Balaban J connectivity index is 1.37. The van der Waals surface area contributed by atoms with E-state index in [-0.39, 0.29) is 29.5 Å². The fraction of sp³-hybridized carbons (Fsp3) is 0.289. The summed E-state index contributed by atoms with van der Waals surface area (Å²) in [5.41, 5.74) is 4.02. The van der Waals surface area contributed by atoms with Gasteiger partial charge in [-0.15, -0.1) is 0 Å². The number of carbonyl (C=O) groups is 3. The highest BCUT2D eigenvalue weighted by Gasteiger charge is 2.40. The standard InChI is InChI=1S/C38H43N5O4/c1-25-23-40-34(38(47)43(25)24-28-15-9-5-10-16-28)35(44)33(19-27-13-7-4-8-14-27)42-37(46)31-20-30(21-32(22-31)39-3)36(45)41-26(2)29-17-11-6-12-18-29/h4-18,20-22,25-26,33-35,39-40,44H,19,23-24H2,1-3H3,(H,41,45)(H,42,46)/t25?,26-,33+,34+,35+/m1/s1. The van der Waals surface area contributed by atoms with E-state index < -0.39 is 24.1 Å². The summed E-state index contributed by atoms with van der Waals surface area (Å²) in [6.45, 7) is 4.80. The number of anilines is 1. The molecule has 1 heterocycles. The Morgan fingerprint density at radius 1 is 0.851 bits per heavy atom. The van der Waals surface area contributed by atoms with Crippen LogP contribution in [0.2, 0.25) is 0 Å². The summed E-state index contributed by atoms with van der Waals surface area (Å²) in [4.78, 5) is 42.8. The molecule has 9 nitrogen and oxygen atoms in total. The number of aliphatic hydroxyl groups excluding tert-OH is 1. The van der Waals surface area contributed by atoms with Crippen LogP contribution in [0, 0.1) is 0 Å². The predicted molar refractivity (Wildman–Crippen MR) is 184 cm³/mol. The molecule has 5 N–H and O–H groups in total. The zero-order valence-electron chi connectivity index (χ0n) is 27.0. The molecule has 1 fully saturated rings. The highest BCUT2D eigenvalue weighted by Crippen LogP contribution is 2.21. The zero-order chi connectivity index (χ0) is 33.3. The quantitative estimate of drug-likeness (QED) is 0.159. The normalized spacial score (nSPS) is 18.1. The third kappa shape index (κ3) is 8.44. The molecule has 47 heavy (non-hydrogen) atoms. The number of nitrogens with zero attached hydrogens (tertiary/aromatic N) is 1. The van der Waals surface area contributed by atoms with E-state index >= 15 is 0 Å². The zero-order valence-corrected chi connectivity index (χ0v) is 27.0. The molecule has 4 aromatic rings. The van der Waals surface area contributed by atoms with Gasteiger partial charge in [0.15, 0.2) is 0 Å². The second-order valence-corrected chi connectivity index (χ2v) is 12.1. The first-order valence-corrected chi connectivity index (χ1v) is 16.0. The van der Waals surface area contributed by atoms with E-state index in [1.54, 1.807) is 30.1 Å². The van der Waals surface area contributed by atoms with Gasteiger partial charge < -0.3 is 31.3 Å². The molecule has 244 valence electrons. The van der Waals surface area contributed by atoms with Crippen LogP contribution in [-0.4, -0.2) is 65.5 Å². The van der Waals surface area contributed by atoms with Crippen molar-refractivity contribution in [1.82, 2.24) is 20.9 Å². The van der Waals surface area contributed by atoms with Crippen molar-refractivity contribution >= 4 is 23.4 Å². The fourth-order valence-corrected chi connectivity index (χ4v) is 5.92. The van der Waals surface area contributed by atoms with Crippen LogP contribution in [0.5, 0.6) is 0 Å². The van der Waals surface area contributed by atoms with Gasteiger partial charge in [0, 0.05) is 43.0 Å². The van der Waals surface area contributed by atoms with Crippen LogP contribution in [0.15, 0.2) is 109 Å². The number of piperazine rings is 1. The largest absolute Gasteiger partial charge is 0.389 e. The van der Waals surface area contributed by atoms with Gasteiger partial charge in [0.05, 0.1) is 18.2 Å². The second kappa shape index (κ2) is 15.5. The van der Waals surface area contributed by atoms with Crippen molar-refractivity contribution in [2.24, 2.45) is 0 Å².